The van der Waals surface area contributed by atoms with Crippen LogP contribution >= 0.6 is 0 Å². The summed E-state index contributed by atoms with van der Waals surface area (Å²) in [4.78, 5) is 76.4. The fourth-order valence-corrected chi connectivity index (χ4v) is 3.65. The SMILES string of the molecule is COc1cccc(C(=O)O[C@H](C(=O)O)[C@@H](OC(=O)c2cccc(OC)c2)C(=O)NNC(=O)c2ccc(NC(=O)C(C)(C)C)cc2)c1. The monoisotopic (exact) mass is 635 g/mol. The van der Waals surface area contributed by atoms with E-state index in [2.05, 4.69) is 10.7 Å². The first-order chi connectivity index (χ1) is 21.7. The molecule has 0 aliphatic heterocycles. The highest BCUT2D eigenvalue weighted by atomic mass is 16.6. The zero-order valence-corrected chi connectivity index (χ0v) is 25.6. The molecule has 0 bridgehead atoms. The molecule has 0 aromatic heterocycles. The van der Waals surface area contributed by atoms with Crippen molar-refractivity contribution in [1.29, 1.82) is 0 Å². The number of hydrogen-bond donors (Lipinski definition) is 4. The van der Waals surface area contributed by atoms with Crippen molar-refractivity contribution in [2.24, 2.45) is 5.41 Å². The number of nitrogens with one attached hydrogen (secondary N) is 3. The van der Waals surface area contributed by atoms with Gasteiger partial charge >= 0.3 is 17.9 Å². The van der Waals surface area contributed by atoms with Crippen molar-refractivity contribution in [3.05, 3.63) is 89.5 Å². The van der Waals surface area contributed by atoms with E-state index in [1.165, 1.54) is 87.0 Å². The molecule has 3 aromatic carbocycles. The molecule has 0 spiro atoms. The highest BCUT2D eigenvalue weighted by Crippen LogP contribution is 2.20. The summed E-state index contributed by atoms with van der Waals surface area (Å²) in [6.45, 7) is 5.22. The molecule has 3 rings (SSSR count). The number of carboxylic acids is 1. The maximum absolute atomic E-state index is 13.3. The van der Waals surface area contributed by atoms with Crippen molar-refractivity contribution >= 4 is 41.3 Å². The third-order valence-electron chi connectivity index (χ3n) is 6.24. The molecule has 0 heterocycles. The molecule has 0 fully saturated rings. The lowest BCUT2D eigenvalue weighted by molar-refractivity contribution is -0.159. The lowest BCUT2D eigenvalue weighted by atomic mass is 9.95. The van der Waals surface area contributed by atoms with Crippen LogP contribution in [0.4, 0.5) is 5.69 Å². The van der Waals surface area contributed by atoms with Crippen molar-refractivity contribution < 1.29 is 52.8 Å². The summed E-state index contributed by atoms with van der Waals surface area (Å²) in [6.07, 6.45) is -4.63. The van der Waals surface area contributed by atoms with Gasteiger partial charge in [0.2, 0.25) is 18.1 Å². The minimum absolute atomic E-state index is 0.0539. The van der Waals surface area contributed by atoms with Gasteiger partial charge in [0, 0.05) is 16.7 Å². The van der Waals surface area contributed by atoms with Crippen LogP contribution in [0.5, 0.6) is 11.5 Å². The minimum atomic E-state index is -2.35. The molecule has 0 aliphatic carbocycles. The number of amides is 3. The van der Waals surface area contributed by atoms with E-state index in [-0.39, 0.29) is 34.1 Å². The normalized spacial score (nSPS) is 12.0. The third kappa shape index (κ3) is 9.29. The average Bonchev–Trinajstić information content (AvgIpc) is 3.04. The molecule has 14 heteroatoms. The molecular formula is C32H33N3O11. The van der Waals surface area contributed by atoms with E-state index in [9.17, 15) is 33.9 Å². The van der Waals surface area contributed by atoms with Crippen LogP contribution in [0.3, 0.4) is 0 Å². The number of hydrazine groups is 1. The quantitative estimate of drug-likeness (QED) is 0.179. The number of hydrogen-bond acceptors (Lipinski definition) is 10. The van der Waals surface area contributed by atoms with E-state index >= 15 is 0 Å². The van der Waals surface area contributed by atoms with Gasteiger partial charge in [0.15, 0.2) is 0 Å². The minimum Gasteiger partial charge on any atom is -0.497 e. The number of rotatable bonds is 11. The van der Waals surface area contributed by atoms with E-state index in [0.29, 0.717) is 5.69 Å². The molecule has 0 radical (unpaired) electrons. The Morgan fingerprint density at radius 3 is 1.63 bits per heavy atom. The Balaban J connectivity index is 1.82. The molecule has 3 aromatic rings. The Hall–Kier alpha value is -5.92. The van der Waals surface area contributed by atoms with E-state index in [1.54, 1.807) is 20.8 Å². The molecule has 4 N–H and O–H groups in total. The number of carboxylic acid groups (broad SMARTS) is 1. The summed E-state index contributed by atoms with van der Waals surface area (Å²) in [5.41, 5.74) is 3.72. The van der Waals surface area contributed by atoms with Gasteiger partial charge in [-0.1, -0.05) is 32.9 Å². The van der Waals surface area contributed by atoms with Crippen LogP contribution < -0.4 is 25.6 Å². The zero-order chi connectivity index (χ0) is 34.0. The number of carbonyl (C=O) groups is 6. The number of anilines is 1. The van der Waals surface area contributed by atoms with Crippen LogP contribution in [-0.2, 0) is 23.9 Å². The van der Waals surface area contributed by atoms with Gasteiger partial charge in [-0.2, -0.15) is 0 Å². The lowest BCUT2D eigenvalue weighted by Gasteiger charge is -2.23. The van der Waals surface area contributed by atoms with Crippen LogP contribution in [0.1, 0.15) is 51.8 Å². The Morgan fingerprint density at radius 1 is 0.674 bits per heavy atom. The Labute approximate surface area is 263 Å². The lowest BCUT2D eigenvalue weighted by Crippen LogP contribution is -2.54. The number of methoxy groups -OCH3 is 2. The molecule has 46 heavy (non-hydrogen) atoms. The van der Waals surface area contributed by atoms with Crippen LogP contribution in [-0.4, -0.2) is 67.2 Å². The number of carbonyl (C=O) groups excluding carboxylic acids is 5. The smallest absolute Gasteiger partial charge is 0.349 e. The van der Waals surface area contributed by atoms with Gasteiger partial charge in [-0.15, -0.1) is 0 Å². The number of benzene rings is 3. The fourth-order valence-electron chi connectivity index (χ4n) is 3.65. The van der Waals surface area contributed by atoms with Gasteiger partial charge in [0.1, 0.15) is 11.5 Å². The van der Waals surface area contributed by atoms with Gasteiger partial charge in [-0.25, -0.2) is 14.4 Å². The van der Waals surface area contributed by atoms with Crippen molar-refractivity contribution in [3.8, 4) is 11.5 Å². The molecule has 3 amide bonds. The first-order valence-electron chi connectivity index (χ1n) is 13.7. The van der Waals surface area contributed by atoms with Gasteiger partial charge < -0.3 is 29.4 Å². The molecule has 0 saturated heterocycles. The molecular weight excluding hydrogens is 602 g/mol. The summed E-state index contributed by atoms with van der Waals surface area (Å²) in [5.74, 6) is -6.00. The van der Waals surface area contributed by atoms with Gasteiger partial charge in [0.05, 0.1) is 25.3 Å². The second-order valence-corrected chi connectivity index (χ2v) is 10.7. The van der Waals surface area contributed by atoms with E-state index < -0.39 is 47.3 Å². The third-order valence-corrected chi connectivity index (χ3v) is 6.24. The van der Waals surface area contributed by atoms with Crippen LogP contribution in [0.25, 0.3) is 0 Å². The van der Waals surface area contributed by atoms with Gasteiger partial charge in [-0.05, 0) is 60.7 Å². The van der Waals surface area contributed by atoms with Crippen molar-refractivity contribution in [3.63, 3.8) is 0 Å². The van der Waals surface area contributed by atoms with Crippen molar-refractivity contribution in [1.82, 2.24) is 10.9 Å². The predicted molar refractivity (Wildman–Crippen MR) is 162 cm³/mol. The number of aliphatic carboxylic acids is 1. The molecule has 0 saturated carbocycles. The Morgan fingerprint density at radius 2 is 1.17 bits per heavy atom. The first-order valence-corrected chi connectivity index (χ1v) is 13.7. The Bertz CT molecular complexity index is 1610. The topological polar surface area (TPSA) is 196 Å². The van der Waals surface area contributed by atoms with Crippen molar-refractivity contribution in [2.75, 3.05) is 19.5 Å². The fraction of sp³-hybridized carbons (Fsp3) is 0.250. The summed E-state index contributed by atoms with van der Waals surface area (Å²) < 4.78 is 20.5. The van der Waals surface area contributed by atoms with Crippen LogP contribution in [0, 0.1) is 5.41 Å². The number of esters is 2. The van der Waals surface area contributed by atoms with Crippen LogP contribution in [0.2, 0.25) is 0 Å². The highest BCUT2D eigenvalue weighted by molar-refractivity contribution is 6.00. The standard InChI is InChI=1S/C32H33N3O11/c1-32(2,3)31(42)33-21-14-12-18(13-15-21)26(36)34-35-27(37)24(45-29(40)19-8-6-10-22(16-19)43-4)25(28(38)39)46-30(41)20-9-7-11-23(17-20)44-5/h6-17,24-25H,1-5H3,(H,33,42)(H,34,36)(H,35,37)(H,38,39)/t24-,25+/m1/s1. The largest absolute Gasteiger partial charge is 0.497 e. The van der Waals surface area contributed by atoms with E-state index in [1.807, 2.05) is 5.43 Å². The van der Waals surface area contributed by atoms with E-state index in [4.69, 9.17) is 18.9 Å². The maximum atomic E-state index is 13.3. The molecule has 2 atom stereocenters. The Kier molecular flexibility index (Phi) is 11.4. The van der Waals surface area contributed by atoms with Crippen LogP contribution in [0.15, 0.2) is 72.8 Å². The van der Waals surface area contributed by atoms with Gasteiger partial charge in [-0.3, -0.25) is 25.2 Å². The van der Waals surface area contributed by atoms with Crippen molar-refractivity contribution in [2.45, 2.75) is 33.0 Å². The number of ether oxygens (including phenoxy) is 4. The highest BCUT2D eigenvalue weighted by Gasteiger charge is 2.41. The summed E-state index contributed by atoms with van der Waals surface area (Å²) in [5, 5.41) is 12.6. The molecule has 14 nitrogen and oxygen atoms in total. The molecule has 242 valence electrons. The predicted octanol–water partition coefficient (Wildman–Crippen LogP) is 2.99. The summed E-state index contributed by atoms with van der Waals surface area (Å²) in [6, 6.07) is 16.9. The maximum Gasteiger partial charge on any atom is 0.349 e. The summed E-state index contributed by atoms with van der Waals surface area (Å²) >= 11 is 0. The molecule has 0 unspecified atom stereocenters. The first kappa shape index (κ1) is 34.6. The zero-order valence-electron chi connectivity index (χ0n) is 25.6. The average molecular weight is 636 g/mol. The second-order valence-electron chi connectivity index (χ2n) is 10.7. The van der Waals surface area contributed by atoms with Gasteiger partial charge in [0.25, 0.3) is 11.8 Å². The molecule has 0 aliphatic rings. The van der Waals surface area contributed by atoms with E-state index in [0.717, 1.165) is 0 Å². The second kappa shape index (κ2) is 15.2. The summed E-state index contributed by atoms with van der Waals surface area (Å²) in [7, 11) is 2.72.